The van der Waals surface area contributed by atoms with E-state index < -0.39 is 7.75 Å². The molecule has 0 saturated heterocycles. The molecule has 0 aliphatic rings. The van der Waals surface area contributed by atoms with Crippen molar-refractivity contribution in [3.63, 3.8) is 0 Å². The Kier molecular flexibility index (Phi) is 5.82. The number of rotatable bonds is 6. The summed E-state index contributed by atoms with van der Waals surface area (Å²) in [6.07, 6.45) is 0. The van der Waals surface area contributed by atoms with Crippen LogP contribution in [0.4, 0.5) is 0 Å². The van der Waals surface area contributed by atoms with Gasteiger partial charge in [0, 0.05) is 9.75 Å². The Balaban J connectivity index is 2.82. The third-order valence-corrected chi connectivity index (χ3v) is 5.77. The molecule has 98 valence electrons. The highest BCUT2D eigenvalue weighted by atomic mass is 32.2. The second-order valence-electron chi connectivity index (χ2n) is 3.13. The average molecular weight is 296 g/mol. The van der Waals surface area contributed by atoms with E-state index in [4.69, 9.17) is 9.05 Å². The highest BCUT2D eigenvalue weighted by Crippen LogP contribution is 2.43. The first kappa shape index (κ1) is 14.9. The zero-order chi connectivity index (χ0) is 12.9. The second-order valence-corrected chi connectivity index (χ2v) is 7.50. The number of hydrogen-bond donors (Lipinski definition) is 1. The number of nitrogens with zero attached hydrogens (tertiary/aromatic N) is 1. The van der Waals surface area contributed by atoms with Crippen molar-refractivity contribution >= 4 is 30.4 Å². The van der Waals surface area contributed by atoms with Gasteiger partial charge in [0.1, 0.15) is 0 Å². The van der Waals surface area contributed by atoms with E-state index in [1.54, 1.807) is 36.5 Å². The Morgan fingerprint density at radius 3 is 2.06 bits per heavy atom. The Hall–Kier alpha value is -0.200. The Morgan fingerprint density at radius 1 is 1.18 bits per heavy atom. The molecule has 0 aliphatic carbocycles. The molecule has 0 fully saturated rings. The summed E-state index contributed by atoms with van der Waals surface area (Å²) >= 11 is 3.10. The smallest absolute Gasteiger partial charge is 0.292 e. The highest BCUT2D eigenvalue weighted by molar-refractivity contribution is 7.51. The van der Waals surface area contributed by atoms with Gasteiger partial charge < -0.3 is 0 Å². The SMILES string of the molecule is CCOP(=O)(NN=c1sc(C)c(C)s1)OCC. The molecule has 1 heterocycles. The van der Waals surface area contributed by atoms with Crippen LogP contribution in [-0.4, -0.2) is 13.2 Å². The number of hydrogen-bond acceptors (Lipinski definition) is 6. The van der Waals surface area contributed by atoms with Crippen LogP contribution in [0.5, 0.6) is 0 Å². The molecule has 0 aromatic carbocycles. The summed E-state index contributed by atoms with van der Waals surface area (Å²) in [5.41, 5.74) is 0. The van der Waals surface area contributed by atoms with E-state index in [2.05, 4.69) is 10.3 Å². The second kappa shape index (κ2) is 6.66. The monoisotopic (exact) mass is 296 g/mol. The van der Waals surface area contributed by atoms with Crippen LogP contribution in [-0.2, 0) is 13.6 Å². The van der Waals surface area contributed by atoms with Gasteiger partial charge in [0.15, 0.2) is 3.98 Å². The highest BCUT2D eigenvalue weighted by Gasteiger charge is 2.22. The normalized spacial score (nSPS) is 11.5. The first-order valence-corrected chi connectivity index (χ1v) is 8.45. The predicted molar refractivity (Wildman–Crippen MR) is 71.2 cm³/mol. The lowest BCUT2D eigenvalue weighted by molar-refractivity contribution is 0.211. The summed E-state index contributed by atoms with van der Waals surface area (Å²) in [5, 5.41) is 6.58. The third kappa shape index (κ3) is 4.52. The van der Waals surface area contributed by atoms with Crippen LogP contribution >= 0.6 is 30.4 Å². The molecule has 1 aromatic heterocycles. The minimum Gasteiger partial charge on any atom is -0.292 e. The van der Waals surface area contributed by atoms with Gasteiger partial charge in [0.25, 0.3) is 0 Å². The maximum atomic E-state index is 12.0. The molecule has 0 spiro atoms. The van der Waals surface area contributed by atoms with Crippen molar-refractivity contribution in [3.05, 3.63) is 13.7 Å². The van der Waals surface area contributed by atoms with Gasteiger partial charge in [-0.3, -0.25) is 9.05 Å². The minimum atomic E-state index is -3.29. The topological polar surface area (TPSA) is 59.9 Å². The van der Waals surface area contributed by atoms with Gasteiger partial charge in [0.2, 0.25) is 0 Å². The van der Waals surface area contributed by atoms with Crippen molar-refractivity contribution in [2.24, 2.45) is 5.10 Å². The van der Waals surface area contributed by atoms with Gasteiger partial charge in [-0.15, -0.1) is 27.8 Å². The van der Waals surface area contributed by atoms with Crippen LogP contribution in [0.3, 0.4) is 0 Å². The average Bonchev–Trinajstić information content (AvgIpc) is 2.57. The summed E-state index contributed by atoms with van der Waals surface area (Å²) in [4.78, 5) is 2.41. The molecule has 0 atom stereocenters. The summed E-state index contributed by atoms with van der Waals surface area (Å²) in [6.45, 7) is 8.20. The van der Waals surface area contributed by atoms with Gasteiger partial charge in [-0.2, -0.15) is 0 Å². The van der Waals surface area contributed by atoms with Crippen molar-refractivity contribution in [3.8, 4) is 0 Å². The van der Waals surface area contributed by atoms with E-state index in [1.807, 2.05) is 13.8 Å². The van der Waals surface area contributed by atoms with Crippen LogP contribution < -0.4 is 9.18 Å². The lowest BCUT2D eigenvalue weighted by atomic mass is 10.5. The summed E-state index contributed by atoms with van der Waals surface area (Å²) in [6, 6.07) is 0. The molecule has 0 bridgehead atoms. The Bertz CT molecular complexity index is 437. The molecule has 1 rings (SSSR count). The Labute approximate surface area is 109 Å². The molecule has 8 heteroatoms. The first-order chi connectivity index (χ1) is 8.00. The fourth-order valence-electron chi connectivity index (χ4n) is 1.01. The molecule has 0 unspecified atom stereocenters. The van der Waals surface area contributed by atoms with Crippen molar-refractivity contribution in [2.75, 3.05) is 13.2 Å². The summed E-state index contributed by atoms with van der Waals surface area (Å²) in [5.74, 6) is 0. The van der Waals surface area contributed by atoms with Gasteiger partial charge >= 0.3 is 7.75 Å². The van der Waals surface area contributed by atoms with Crippen LogP contribution in [0.15, 0.2) is 5.10 Å². The molecular weight excluding hydrogens is 279 g/mol. The van der Waals surface area contributed by atoms with Crippen molar-refractivity contribution in [2.45, 2.75) is 27.7 Å². The zero-order valence-electron chi connectivity index (χ0n) is 10.3. The van der Waals surface area contributed by atoms with Crippen molar-refractivity contribution in [1.29, 1.82) is 0 Å². The largest absolute Gasteiger partial charge is 0.448 e. The molecule has 1 aromatic rings. The predicted octanol–water partition coefficient (Wildman–Crippen LogP) is 3.01. The fourth-order valence-corrected chi connectivity index (χ4v) is 4.40. The van der Waals surface area contributed by atoms with Crippen LogP contribution in [0, 0.1) is 13.8 Å². The molecule has 0 amide bonds. The molecule has 1 N–H and O–H groups in total. The molecular formula is C9H17N2O3PS2. The fraction of sp³-hybridized carbons (Fsp3) is 0.667. The molecule has 0 saturated carbocycles. The minimum absolute atomic E-state index is 0.311. The number of aryl methyl sites for hydroxylation is 2. The Morgan fingerprint density at radius 2 is 1.65 bits per heavy atom. The van der Waals surface area contributed by atoms with E-state index in [0.717, 1.165) is 3.98 Å². The summed E-state index contributed by atoms with van der Waals surface area (Å²) in [7, 11) is -3.29. The first-order valence-electron chi connectivity index (χ1n) is 5.28. The third-order valence-electron chi connectivity index (χ3n) is 1.84. The molecule has 17 heavy (non-hydrogen) atoms. The standard InChI is InChI=1S/C9H17N2O3PS2/c1-5-13-15(12,14-6-2)11-10-9-16-7(3)8(4)17-9/h5-6H2,1-4H3,(H,11,12). The van der Waals surface area contributed by atoms with E-state index in [9.17, 15) is 4.57 Å². The van der Waals surface area contributed by atoms with Gasteiger partial charge in [-0.25, -0.2) is 9.76 Å². The van der Waals surface area contributed by atoms with Gasteiger partial charge in [0.05, 0.1) is 13.2 Å². The maximum absolute atomic E-state index is 12.0. The van der Waals surface area contributed by atoms with Gasteiger partial charge in [-0.05, 0) is 27.7 Å². The lowest BCUT2D eigenvalue weighted by Gasteiger charge is -2.14. The molecule has 5 nitrogen and oxygen atoms in total. The van der Waals surface area contributed by atoms with Crippen LogP contribution in [0.2, 0.25) is 0 Å². The van der Waals surface area contributed by atoms with E-state index in [1.165, 1.54) is 9.75 Å². The van der Waals surface area contributed by atoms with Crippen LogP contribution in [0.1, 0.15) is 23.6 Å². The van der Waals surface area contributed by atoms with E-state index in [-0.39, 0.29) is 0 Å². The van der Waals surface area contributed by atoms with E-state index >= 15 is 0 Å². The van der Waals surface area contributed by atoms with Crippen LogP contribution in [0.25, 0.3) is 0 Å². The van der Waals surface area contributed by atoms with Crippen molar-refractivity contribution in [1.82, 2.24) is 5.20 Å². The molecule has 0 radical (unpaired) electrons. The van der Waals surface area contributed by atoms with Gasteiger partial charge in [-0.1, -0.05) is 0 Å². The number of nitrogens with one attached hydrogen (secondary N) is 1. The lowest BCUT2D eigenvalue weighted by Crippen LogP contribution is -2.11. The quantitative estimate of drug-likeness (QED) is 0.647. The molecule has 0 aliphatic heterocycles. The summed E-state index contributed by atoms with van der Waals surface area (Å²) < 4.78 is 23.0. The van der Waals surface area contributed by atoms with E-state index in [0.29, 0.717) is 13.2 Å². The van der Waals surface area contributed by atoms with Crippen molar-refractivity contribution < 1.29 is 13.6 Å². The maximum Gasteiger partial charge on any atom is 0.448 e. The zero-order valence-corrected chi connectivity index (χ0v) is 12.9.